The lowest BCUT2D eigenvalue weighted by molar-refractivity contribution is 1.33. The van der Waals surface area contributed by atoms with Gasteiger partial charge in [0.15, 0.2) is 11.9 Å². The van der Waals surface area contributed by atoms with E-state index < -0.39 is 0 Å². The van der Waals surface area contributed by atoms with Gasteiger partial charge >= 0.3 is 0 Å². The molecule has 5 rings (SSSR count). The highest BCUT2D eigenvalue weighted by molar-refractivity contribution is 7.08. The molecular weight excluding hydrogens is 376 g/mol. The van der Waals surface area contributed by atoms with Crippen molar-refractivity contribution >= 4 is 45.6 Å². The minimum absolute atomic E-state index is 0.468. The Balaban J connectivity index is 0.000000135. The first-order valence-corrected chi connectivity index (χ1v) is 9.94. The maximum Gasteiger partial charge on any atom is 0.198 e. The summed E-state index contributed by atoms with van der Waals surface area (Å²) in [6.07, 6.45) is 3.28. The second kappa shape index (κ2) is 11.5. The predicted molar refractivity (Wildman–Crippen MR) is 117 cm³/mol. The van der Waals surface area contributed by atoms with Crippen LogP contribution < -0.4 is 11.5 Å². The maximum absolute atomic E-state index is 5.42. The van der Waals surface area contributed by atoms with Gasteiger partial charge in [-0.3, -0.25) is 0 Å². The number of nitrogens with one attached hydrogen (secondary N) is 2. The lowest BCUT2D eigenvalue weighted by Crippen LogP contribution is -1.84. The van der Waals surface area contributed by atoms with Gasteiger partial charge in [0.05, 0.1) is 11.0 Å². The first-order chi connectivity index (χ1) is 13.1. The van der Waals surface area contributed by atoms with Crippen LogP contribution in [0.25, 0.3) is 11.0 Å². The monoisotopic (exact) mass is 398 g/mol. The maximum atomic E-state index is 5.42. The van der Waals surface area contributed by atoms with Gasteiger partial charge in [-0.1, -0.05) is 24.3 Å². The lowest BCUT2D eigenvalue weighted by atomic mass is 10.3. The highest BCUT2D eigenvalue weighted by atomic mass is 32.1. The number of hydrogen-bond acceptors (Lipinski definition) is 6. The molecule has 0 bridgehead atoms. The first-order valence-electron chi connectivity index (χ1n) is 8.06. The average molecular weight is 399 g/mol. The number of imidazole rings is 2. The number of para-hydroxylation sites is 2. The van der Waals surface area contributed by atoms with Crippen molar-refractivity contribution in [3.63, 3.8) is 0 Å². The van der Waals surface area contributed by atoms with Crippen molar-refractivity contribution in [1.29, 1.82) is 0 Å². The molecule has 140 valence electrons. The van der Waals surface area contributed by atoms with Crippen molar-refractivity contribution in [1.82, 2.24) is 19.9 Å². The molecular formula is C19H22N6S2. The van der Waals surface area contributed by atoms with Gasteiger partial charge in [-0.25, -0.2) is 9.97 Å². The van der Waals surface area contributed by atoms with E-state index in [4.69, 9.17) is 11.5 Å². The van der Waals surface area contributed by atoms with Crippen LogP contribution in [-0.4, -0.2) is 19.9 Å². The number of nitrogens with two attached hydrogens (primary N) is 2. The van der Waals surface area contributed by atoms with Crippen molar-refractivity contribution in [3.8, 4) is 0 Å². The van der Waals surface area contributed by atoms with E-state index in [0.717, 1.165) is 11.0 Å². The average Bonchev–Trinajstić information content (AvgIpc) is 3.45. The van der Waals surface area contributed by atoms with E-state index in [-0.39, 0.29) is 0 Å². The summed E-state index contributed by atoms with van der Waals surface area (Å²) in [5.41, 5.74) is 13.8. The van der Waals surface area contributed by atoms with Gasteiger partial charge in [-0.15, -0.1) is 0 Å². The SMILES string of the molecule is Cc1ccsc1.Nc1nc2ccccc2[nH]1.Nc1ncc[nH]1.c1ccsc1. The van der Waals surface area contributed by atoms with Crippen LogP contribution in [-0.2, 0) is 0 Å². The van der Waals surface area contributed by atoms with Gasteiger partial charge in [0.1, 0.15) is 0 Å². The number of H-pyrrole nitrogens is 2. The summed E-state index contributed by atoms with van der Waals surface area (Å²) in [5.74, 6) is 0.941. The van der Waals surface area contributed by atoms with E-state index in [1.807, 2.05) is 47.2 Å². The Kier molecular flexibility index (Phi) is 8.61. The Morgan fingerprint density at radius 1 is 0.889 bits per heavy atom. The van der Waals surface area contributed by atoms with Gasteiger partial charge in [0.25, 0.3) is 0 Å². The molecule has 4 heterocycles. The molecule has 0 spiro atoms. The molecule has 0 unspecified atom stereocenters. The second-order valence-corrected chi connectivity index (χ2v) is 6.80. The molecule has 0 fully saturated rings. The fourth-order valence-corrected chi connectivity index (χ4v) is 2.93. The number of aromatic amines is 2. The summed E-state index contributed by atoms with van der Waals surface area (Å²) in [7, 11) is 0. The highest BCUT2D eigenvalue weighted by Gasteiger charge is 1.94. The molecule has 0 aliphatic rings. The van der Waals surface area contributed by atoms with E-state index in [0.29, 0.717) is 11.9 Å². The lowest BCUT2D eigenvalue weighted by Gasteiger charge is -1.81. The summed E-state index contributed by atoms with van der Waals surface area (Å²) in [6.45, 7) is 2.09. The standard InChI is InChI=1S/C7H7N3.C5H6S.C4H4S.C3H5N3/c8-7-9-5-3-1-2-4-6(5)10-7;1-5-2-3-6-4-5;1-2-4-5-3-1;4-3-5-1-2-6-3/h1-4H,(H3,8,9,10);2-4H,1H3;1-4H;1-2H,(H3,4,5,6). The zero-order valence-corrected chi connectivity index (χ0v) is 16.5. The Morgan fingerprint density at radius 2 is 1.67 bits per heavy atom. The Bertz CT molecular complexity index is 875. The molecule has 0 saturated carbocycles. The molecule has 1 aromatic carbocycles. The number of anilines is 2. The topological polar surface area (TPSA) is 109 Å². The third kappa shape index (κ3) is 8.21. The van der Waals surface area contributed by atoms with Crippen molar-refractivity contribution in [3.05, 3.63) is 81.9 Å². The fraction of sp³-hybridized carbons (Fsp3) is 0.0526. The van der Waals surface area contributed by atoms with Crippen LogP contribution in [0.15, 0.2) is 76.4 Å². The summed E-state index contributed by atoms with van der Waals surface area (Å²) in [6, 6.07) is 13.9. The van der Waals surface area contributed by atoms with Crippen LogP contribution in [0.4, 0.5) is 11.9 Å². The number of hydrogen-bond donors (Lipinski definition) is 4. The van der Waals surface area contributed by atoms with Gasteiger partial charge in [0.2, 0.25) is 0 Å². The Labute approximate surface area is 165 Å². The number of aryl methyl sites for hydroxylation is 1. The molecule has 6 N–H and O–H groups in total. The fourth-order valence-electron chi connectivity index (χ4n) is 1.81. The Morgan fingerprint density at radius 3 is 2.07 bits per heavy atom. The second-order valence-electron chi connectivity index (χ2n) is 5.21. The van der Waals surface area contributed by atoms with Crippen LogP contribution in [0.3, 0.4) is 0 Å². The number of nitrogens with zero attached hydrogens (tertiary/aromatic N) is 2. The quantitative estimate of drug-likeness (QED) is 0.296. The van der Waals surface area contributed by atoms with E-state index in [9.17, 15) is 0 Å². The molecule has 0 atom stereocenters. The summed E-state index contributed by atoms with van der Waals surface area (Å²) >= 11 is 3.45. The summed E-state index contributed by atoms with van der Waals surface area (Å²) in [5, 5.41) is 8.29. The molecule has 0 radical (unpaired) electrons. The molecule has 0 aliphatic carbocycles. The van der Waals surface area contributed by atoms with Crippen LogP contribution >= 0.6 is 22.7 Å². The van der Waals surface area contributed by atoms with Gasteiger partial charge in [-0.2, -0.15) is 22.7 Å². The van der Waals surface area contributed by atoms with Crippen molar-refractivity contribution in [2.45, 2.75) is 6.92 Å². The third-order valence-electron chi connectivity index (χ3n) is 3.02. The number of benzene rings is 1. The van der Waals surface area contributed by atoms with E-state index in [1.54, 1.807) is 35.1 Å². The molecule has 8 heteroatoms. The molecule has 6 nitrogen and oxygen atoms in total. The normalized spacial score (nSPS) is 9.22. The number of fused-ring (bicyclic) bond motifs is 1. The molecule has 0 saturated heterocycles. The zero-order valence-electron chi connectivity index (χ0n) is 14.9. The van der Waals surface area contributed by atoms with E-state index in [1.165, 1.54) is 5.56 Å². The molecule has 0 aliphatic heterocycles. The van der Waals surface area contributed by atoms with Gasteiger partial charge in [-0.05, 0) is 52.2 Å². The van der Waals surface area contributed by atoms with Crippen molar-refractivity contribution < 1.29 is 0 Å². The molecule has 27 heavy (non-hydrogen) atoms. The van der Waals surface area contributed by atoms with Crippen LogP contribution in [0, 0.1) is 6.92 Å². The third-order valence-corrected chi connectivity index (χ3v) is 4.45. The first kappa shape index (κ1) is 20.2. The number of aromatic nitrogens is 4. The largest absolute Gasteiger partial charge is 0.369 e. The summed E-state index contributed by atoms with van der Waals surface area (Å²) in [4.78, 5) is 13.3. The Hall–Kier alpha value is -3.10. The van der Waals surface area contributed by atoms with Gasteiger partial charge < -0.3 is 21.4 Å². The minimum atomic E-state index is 0.468. The smallest absolute Gasteiger partial charge is 0.198 e. The minimum Gasteiger partial charge on any atom is -0.369 e. The van der Waals surface area contributed by atoms with Crippen LogP contribution in [0.2, 0.25) is 0 Å². The van der Waals surface area contributed by atoms with Crippen LogP contribution in [0.1, 0.15) is 5.56 Å². The molecule has 5 aromatic rings. The predicted octanol–water partition coefficient (Wildman–Crippen LogP) is 4.94. The van der Waals surface area contributed by atoms with Crippen molar-refractivity contribution in [2.75, 3.05) is 11.5 Å². The zero-order chi connectivity index (χ0) is 19.3. The number of rotatable bonds is 0. The van der Waals surface area contributed by atoms with E-state index in [2.05, 4.69) is 43.7 Å². The van der Waals surface area contributed by atoms with E-state index >= 15 is 0 Å². The highest BCUT2D eigenvalue weighted by Crippen LogP contribution is 2.10. The molecule has 0 amide bonds. The summed E-state index contributed by atoms with van der Waals surface area (Å²) < 4.78 is 0. The van der Waals surface area contributed by atoms with Crippen molar-refractivity contribution in [2.24, 2.45) is 0 Å². The van der Waals surface area contributed by atoms with Gasteiger partial charge in [0, 0.05) is 12.4 Å². The van der Waals surface area contributed by atoms with Crippen LogP contribution in [0.5, 0.6) is 0 Å². The number of nitrogen functional groups attached to an aromatic ring is 2. The number of thiophene rings is 2. The molecule has 4 aromatic heterocycles.